The average Bonchev–Trinajstić information content (AvgIpc) is 0.871. The van der Waals surface area contributed by atoms with Gasteiger partial charge in [0, 0.05) is 71.6 Å². The van der Waals surface area contributed by atoms with E-state index in [1.54, 1.807) is 36.4 Å². The number of ether oxygens (including phenoxy) is 2. The van der Waals surface area contributed by atoms with Crippen molar-refractivity contribution in [1.82, 2.24) is 20.6 Å². The van der Waals surface area contributed by atoms with Crippen molar-refractivity contribution in [3.05, 3.63) is 187 Å². The fourth-order valence-corrected chi connectivity index (χ4v) is 11.7. The molecule has 2 amide bonds. The number of nitrogens with zero attached hydrogens (tertiary/aromatic N) is 4. The zero-order valence-electron chi connectivity index (χ0n) is 45.5. The van der Waals surface area contributed by atoms with Gasteiger partial charge in [0.15, 0.2) is 0 Å². The number of nitrogens with one attached hydrogen (secondary N) is 2. The first kappa shape index (κ1) is 66.3. The van der Waals surface area contributed by atoms with Gasteiger partial charge >= 0.3 is 24.3 Å². The Morgan fingerprint density at radius 1 is 0.533 bits per heavy atom. The summed E-state index contributed by atoms with van der Waals surface area (Å²) in [5.41, 5.74) is -0.493. The maximum absolute atomic E-state index is 15.1. The molecule has 4 N–H and O–H groups in total. The Labute approximate surface area is 520 Å². The van der Waals surface area contributed by atoms with Crippen molar-refractivity contribution >= 4 is 103 Å². The van der Waals surface area contributed by atoms with Gasteiger partial charge in [0.1, 0.15) is 70.2 Å². The number of carboxylic acids is 2. The van der Waals surface area contributed by atoms with E-state index in [9.17, 15) is 64.5 Å². The van der Waals surface area contributed by atoms with Crippen LogP contribution in [0.15, 0.2) is 109 Å². The highest BCUT2D eigenvalue weighted by Gasteiger charge is 2.47. The Kier molecular flexibility index (Phi) is 20.0. The van der Waals surface area contributed by atoms with E-state index in [2.05, 4.69) is 20.6 Å². The normalized spacial score (nSPS) is 16.1. The number of halogens is 16. The summed E-state index contributed by atoms with van der Waals surface area (Å²) >= 11 is 25.1. The van der Waals surface area contributed by atoms with E-state index in [1.807, 2.05) is 0 Å². The van der Waals surface area contributed by atoms with Gasteiger partial charge in [-0.2, -0.15) is 26.3 Å². The van der Waals surface area contributed by atoms with Gasteiger partial charge in [-0.25, -0.2) is 35.9 Å². The van der Waals surface area contributed by atoms with Gasteiger partial charge in [-0.05, 0) is 82.9 Å². The van der Waals surface area contributed by atoms with Crippen molar-refractivity contribution in [2.45, 2.75) is 49.4 Å². The number of aliphatic carboxylic acids is 2. The third kappa shape index (κ3) is 14.4. The average molecular weight is 1340 g/mol. The molecule has 6 aromatic carbocycles. The lowest BCUT2D eigenvalue weighted by molar-refractivity contribution is -0.167. The van der Waals surface area contributed by atoms with E-state index < -0.39 is 131 Å². The number of pyridine rings is 2. The number of aromatic nitrogens is 2. The first-order valence-corrected chi connectivity index (χ1v) is 27.9. The van der Waals surface area contributed by atoms with Crippen molar-refractivity contribution in [3.8, 4) is 22.3 Å². The summed E-state index contributed by atoms with van der Waals surface area (Å²) in [7, 11) is 0. The number of carboxylic acid groups (broad SMARTS) is 2. The number of carbonyl (C=O) groups is 4. The van der Waals surface area contributed by atoms with Crippen LogP contribution in [-0.4, -0.2) is 120 Å². The lowest BCUT2D eigenvalue weighted by Crippen LogP contribution is -2.53. The molecule has 2 fully saturated rings. The SMILES string of the molecule is O=C(N[C@@H](Cc1ccc(-c2c(Cl)cc(F)cc2Cl)c2cccnc12)C(=O)O)c1c(F)cc(N2CCOC[C@@H]2C(F)(F)F)cc1F.O=C(N[C@@H](Cc1ccc(-c2c(Cl)cc(F)cc2Cl)c2cccnc12)C(=O)O)c1c(F)cc(N2CCOC[C@H]2C(F)(F)F)cc1F. The van der Waals surface area contributed by atoms with Crippen LogP contribution in [0.5, 0.6) is 0 Å². The molecule has 0 saturated carbocycles. The van der Waals surface area contributed by atoms with E-state index in [-0.39, 0.29) is 59.2 Å². The molecule has 0 spiro atoms. The molecule has 4 heterocycles. The molecule has 0 aliphatic carbocycles. The molecule has 4 atom stereocenters. The first-order valence-electron chi connectivity index (χ1n) is 26.4. The number of rotatable bonds is 14. The molecule has 0 bridgehead atoms. The highest BCUT2D eigenvalue weighted by molar-refractivity contribution is 6.40. The monoisotopic (exact) mass is 1340 g/mol. The second-order valence-electron chi connectivity index (χ2n) is 20.2. The van der Waals surface area contributed by atoms with Crippen LogP contribution in [0.2, 0.25) is 20.1 Å². The molecule has 8 aromatic rings. The topological polar surface area (TPSA) is 184 Å². The minimum Gasteiger partial charge on any atom is -0.480 e. The summed E-state index contributed by atoms with van der Waals surface area (Å²) in [6.07, 6.45) is -7.42. The summed E-state index contributed by atoms with van der Waals surface area (Å²) in [5.74, 6) is -13.2. The van der Waals surface area contributed by atoms with E-state index in [4.69, 9.17) is 55.9 Å². The predicted molar refractivity (Wildman–Crippen MR) is 308 cm³/mol. The van der Waals surface area contributed by atoms with E-state index in [1.165, 1.54) is 24.5 Å². The number of carbonyl (C=O) groups excluding carboxylic acids is 2. The molecule has 472 valence electrons. The number of amides is 2. The number of hydrogen-bond donors (Lipinski definition) is 4. The molecular weight excluding hydrogens is 1300 g/mol. The third-order valence-corrected chi connectivity index (χ3v) is 15.7. The van der Waals surface area contributed by atoms with Gasteiger partial charge in [-0.1, -0.05) is 82.8 Å². The second-order valence-corrected chi connectivity index (χ2v) is 21.8. The Morgan fingerprint density at radius 3 is 1.18 bits per heavy atom. The Bertz CT molecular complexity index is 3780. The molecule has 0 radical (unpaired) electrons. The van der Waals surface area contributed by atoms with Gasteiger partial charge in [0.05, 0.1) is 57.6 Å². The first-order chi connectivity index (χ1) is 42.5. The number of benzene rings is 6. The van der Waals surface area contributed by atoms with Crippen LogP contribution in [0.4, 0.5) is 64.1 Å². The molecular formula is C60H42Cl4F12N6O8. The summed E-state index contributed by atoms with van der Waals surface area (Å²) in [6, 6.07) is 11.5. The summed E-state index contributed by atoms with van der Waals surface area (Å²) in [4.78, 5) is 60.3. The highest BCUT2D eigenvalue weighted by Crippen LogP contribution is 2.42. The largest absolute Gasteiger partial charge is 0.480 e. The van der Waals surface area contributed by atoms with Crippen LogP contribution < -0.4 is 20.4 Å². The molecule has 30 heteroatoms. The zero-order valence-corrected chi connectivity index (χ0v) is 48.6. The van der Waals surface area contributed by atoms with Crippen molar-refractivity contribution in [2.75, 3.05) is 49.3 Å². The smallest absolute Gasteiger partial charge is 0.411 e. The van der Waals surface area contributed by atoms with Crippen LogP contribution >= 0.6 is 46.4 Å². The lowest BCUT2D eigenvalue weighted by Gasteiger charge is -2.38. The van der Waals surface area contributed by atoms with Gasteiger partial charge in [0.2, 0.25) is 0 Å². The van der Waals surface area contributed by atoms with Crippen LogP contribution in [0.1, 0.15) is 31.8 Å². The molecule has 90 heavy (non-hydrogen) atoms. The lowest BCUT2D eigenvalue weighted by atomic mass is 9.95. The number of alkyl halides is 6. The van der Waals surface area contributed by atoms with Crippen LogP contribution in [0.25, 0.3) is 44.1 Å². The molecule has 2 aliphatic heterocycles. The quantitative estimate of drug-likeness (QED) is 0.0757. The Morgan fingerprint density at radius 2 is 0.867 bits per heavy atom. The number of fused-ring (bicyclic) bond motifs is 2. The second kappa shape index (κ2) is 27.1. The fraction of sp³-hybridized carbons (Fsp3) is 0.233. The maximum atomic E-state index is 15.1. The van der Waals surface area contributed by atoms with Crippen LogP contribution in [0.3, 0.4) is 0 Å². The van der Waals surface area contributed by atoms with Crippen LogP contribution in [0, 0.1) is 34.9 Å². The fourth-order valence-electron chi connectivity index (χ4n) is 10.4. The maximum Gasteiger partial charge on any atom is 0.411 e. The number of hydrogen-bond acceptors (Lipinski definition) is 10. The van der Waals surface area contributed by atoms with E-state index in [0.29, 0.717) is 79.5 Å². The predicted octanol–water partition coefficient (Wildman–Crippen LogP) is 13.6. The summed E-state index contributed by atoms with van der Waals surface area (Å²) in [5, 5.41) is 24.9. The Hall–Kier alpha value is -8.14. The van der Waals surface area contributed by atoms with Crippen molar-refractivity contribution < 1.29 is 91.5 Å². The minimum absolute atomic E-state index is 0.0196. The van der Waals surface area contributed by atoms with Gasteiger partial charge in [-0.3, -0.25) is 19.6 Å². The molecule has 10 rings (SSSR count). The van der Waals surface area contributed by atoms with Gasteiger partial charge in [0.25, 0.3) is 11.8 Å². The molecule has 2 saturated heterocycles. The van der Waals surface area contributed by atoms with Gasteiger partial charge < -0.3 is 40.1 Å². The molecule has 0 unspecified atom stereocenters. The summed E-state index contributed by atoms with van der Waals surface area (Å²) in [6.45, 7) is -2.35. The Balaban J connectivity index is 0.000000213. The van der Waals surface area contributed by atoms with E-state index in [0.717, 1.165) is 34.1 Å². The third-order valence-electron chi connectivity index (χ3n) is 14.5. The van der Waals surface area contributed by atoms with Gasteiger partial charge in [-0.15, -0.1) is 0 Å². The molecule has 14 nitrogen and oxygen atoms in total. The van der Waals surface area contributed by atoms with Crippen molar-refractivity contribution in [3.63, 3.8) is 0 Å². The van der Waals surface area contributed by atoms with Crippen molar-refractivity contribution in [2.24, 2.45) is 0 Å². The number of morpholine rings is 2. The minimum atomic E-state index is -4.76. The molecule has 2 aromatic heterocycles. The highest BCUT2D eigenvalue weighted by atomic mass is 35.5. The van der Waals surface area contributed by atoms with E-state index >= 15 is 17.6 Å². The summed E-state index contributed by atoms with van der Waals surface area (Å²) < 4.78 is 179. The van der Waals surface area contributed by atoms with Crippen molar-refractivity contribution in [1.29, 1.82) is 0 Å². The van der Waals surface area contributed by atoms with Crippen LogP contribution in [-0.2, 0) is 31.9 Å². The number of anilines is 2. The standard InChI is InChI=1S/2C30H21Cl2F6N3O4/c2*31-19-9-15(33)10-20(32)25(19)17-4-3-14(27-18(17)2-1-5-39-27)8-23(29(43)44)40-28(42)26-21(34)11-16(12-22(26)35)41-6-7-45-13-24(41)30(36,37)38/h2*1-5,9-12,23-24H,6-8,13H2,(H,40,42)(H,43,44)/t23-,24+;23-,24-/m00/s1. The molecule has 2 aliphatic rings. The zero-order chi connectivity index (χ0) is 65.3.